The topological polar surface area (TPSA) is 97.3 Å². The molecule has 4 rings (SSSR count). The lowest BCUT2D eigenvalue weighted by molar-refractivity contribution is -0.119. The highest BCUT2D eigenvalue weighted by Gasteiger charge is 2.29. The average molecular weight is 540 g/mol. The number of hydrogen-bond acceptors (Lipinski definition) is 6. The number of ether oxygens (including phenoxy) is 2. The summed E-state index contributed by atoms with van der Waals surface area (Å²) in [4.78, 5) is 12.8. The van der Waals surface area contributed by atoms with E-state index in [0.29, 0.717) is 36.8 Å². The third-order valence-corrected chi connectivity index (χ3v) is 7.90. The van der Waals surface area contributed by atoms with Gasteiger partial charge in [-0.1, -0.05) is 44.2 Å². The van der Waals surface area contributed by atoms with Gasteiger partial charge in [-0.2, -0.15) is 5.10 Å². The maximum Gasteiger partial charge on any atom is 0.264 e. The van der Waals surface area contributed by atoms with Crippen LogP contribution >= 0.6 is 0 Å². The minimum absolute atomic E-state index is 0.0943. The predicted octanol–water partition coefficient (Wildman–Crippen LogP) is 4.65. The average Bonchev–Trinajstić information content (AvgIpc) is 2.91. The molecular formula is C28H30FN3O5S. The number of amides is 1. The van der Waals surface area contributed by atoms with Crippen LogP contribution in [0.1, 0.15) is 32.8 Å². The van der Waals surface area contributed by atoms with Crippen molar-refractivity contribution in [2.75, 3.05) is 24.1 Å². The smallest absolute Gasteiger partial charge is 0.264 e. The summed E-state index contributed by atoms with van der Waals surface area (Å²) in [5, 5.41) is 4.21. The van der Waals surface area contributed by atoms with Crippen LogP contribution in [0.4, 0.5) is 10.1 Å². The van der Waals surface area contributed by atoms with E-state index in [2.05, 4.69) is 24.4 Å². The Bertz CT molecular complexity index is 1420. The number of benzene rings is 3. The van der Waals surface area contributed by atoms with Crippen LogP contribution in [0.5, 0.6) is 11.5 Å². The first kappa shape index (κ1) is 27.1. The molecule has 0 bridgehead atoms. The molecule has 1 amide bonds. The molecule has 10 heteroatoms. The van der Waals surface area contributed by atoms with E-state index in [1.165, 1.54) is 30.3 Å². The highest BCUT2D eigenvalue weighted by atomic mass is 32.2. The second-order valence-electron chi connectivity index (χ2n) is 9.60. The Kier molecular flexibility index (Phi) is 8.01. The first-order chi connectivity index (χ1) is 18.1. The van der Waals surface area contributed by atoms with Gasteiger partial charge in [0.25, 0.3) is 15.9 Å². The monoisotopic (exact) mass is 539 g/mol. The van der Waals surface area contributed by atoms with Crippen LogP contribution in [0.15, 0.2) is 82.8 Å². The largest absolute Gasteiger partial charge is 0.486 e. The fourth-order valence-corrected chi connectivity index (χ4v) is 5.66. The van der Waals surface area contributed by atoms with Gasteiger partial charge in [-0.3, -0.25) is 9.10 Å². The third kappa shape index (κ3) is 6.31. The minimum atomic E-state index is -4.23. The van der Waals surface area contributed by atoms with Crippen LogP contribution < -0.4 is 19.2 Å². The molecule has 200 valence electrons. The SMILES string of the molecule is C/C(CC(C)(C)c1ccccc1)=N/NC(=O)CN(c1ccc(F)cc1)S(=O)(=O)c1ccc2c(c1)OCCO2. The summed E-state index contributed by atoms with van der Waals surface area (Å²) in [7, 11) is -4.23. The fourth-order valence-electron chi connectivity index (χ4n) is 4.23. The van der Waals surface area contributed by atoms with Gasteiger partial charge in [0.2, 0.25) is 0 Å². The van der Waals surface area contributed by atoms with Gasteiger partial charge in [-0.25, -0.2) is 18.2 Å². The molecule has 0 atom stereocenters. The molecule has 38 heavy (non-hydrogen) atoms. The van der Waals surface area contributed by atoms with Crippen molar-refractivity contribution < 1.29 is 27.1 Å². The van der Waals surface area contributed by atoms with Gasteiger partial charge in [0.15, 0.2) is 11.5 Å². The Hall–Kier alpha value is -3.92. The van der Waals surface area contributed by atoms with E-state index in [0.717, 1.165) is 22.0 Å². The molecule has 0 unspecified atom stereocenters. The van der Waals surface area contributed by atoms with Crippen LogP contribution in [-0.2, 0) is 20.2 Å². The first-order valence-electron chi connectivity index (χ1n) is 12.1. The molecule has 0 saturated heterocycles. The maximum atomic E-state index is 13.6. The van der Waals surface area contributed by atoms with Crippen molar-refractivity contribution in [3.05, 3.63) is 84.2 Å². The van der Waals surface area contributed by atoms with Crippen molar-refractivity contribution in [2.45, 2.75) is 37.5 Å². The number of fused-ring (bicyclic) bond motifs is 1. The number of carbonyl (C=O) groups is 1. The van der Waals surface area contributed by atoms with Crippen LogP contribution in [0, 0.1) is 5.82 Å². The molecule has 0 aromatic heterocycles. The first-order valence-corrected chi connectivity index (χ1v) is 13.6. The van der Waals surface area contributed by atoms with Crippen molar-refractivity contribution in [3.8, 4) is 11.5 Å². The number of sulfonamides is 1. The van der Waals surface area contributed by atoms with Gasteiger partial charge < -0.3 is 9.47 Å². The van der Waals surface area contributed by atoms with Crippen molar-refractivity contribution in [1.29, 1.82) is 0 Å². The number of nitrogens with zero attached hydrogens (tertiary/aromatic N) is 2. The van der Waals surface area contributed by atoms with Crippen LogP contribution in [-0.4, -0.2) is 39.8 Å². The summed E-state index contributed by atoms with van der Waals surface area (Å²) in [6.07, 6.45) is 0.578. The lowest BCUT2D eigenvalue weighted by Gasteiger charge is -2.26. The summed E-state index contributed by atoms with van der Waals surface area (Å²) in [5.41, 5.74) is 4.18. The molecular weight excluding hydrogens is 509 g/mol. The molecule has 3 aromatic rings. The van der Waals surface area contributed by atoms with Crippen molar-refractivity contribution in [3.63, 3.8) is 0 Å². The Morgan fingerprint density at radius 3 is 2.34 bits per heavy atom. The zero-order chi connectivity index (χ0) is 27.3. The minimum Gasteiger partial charge on any atom is -0.486 e. The van der Waals surface area contributed by atoms with Gasteiger partial charge in [-0.15, -0.1) is 0 Å². The quantitative estimate of drug-likeness (QED) is 0.315. The second-order valence-corrected chi connectivity index (χ2v) is 11.5. The lowest BCUT2D eigenvalue weighted by Crippen LogP contribution is -2.40. The van der Waals surface area contributed by atoms with E-state index < -0.39 is 28.3 Å². The van der Waals surface area contributed by atoms with Crippen molar-refractivity contribution in [2.24, 2.45) is 5.10 Å². The predicted molar refractivity (Wildman–Crippen MR) is 144 cm³/mol. The van der Waals surface area contributed by atoms with Gasteiger partial charge in [-0.05, 0) is 60.7 Å². The zero-order valence-electron chi connectivity index (χ0n) is 21.5. The van der Waals surface area contributed by atoms with Gasteiger partial charge in [0.1, 0.15) is 25.6 Å². The lowest BCUT2D eigenvalue weighted by atomic mass is 9.80. The molecule has 3 aromatic carbocycles. The van der Waals surface area contributed by atoms with Crippen molar-refractivity contribution in [1.82, 2.24) is 5.43 Å². The normalized spacial score (nSPS) is 13.6. The molecule has 1 aliphatic rings. The third-order valence-electron chi connectivity index (χ3n) is 6.13. The summed E-state index contributed by atoms with van der Waals surface area (Å²) in [6, 6.07) is 19.1. The van der Waals surface area contributed by atoms with E-state index in [9.17, 15) is 17.6 Å². The molecule has 0 radical (unpaired) electrons. The van der Waals surface area contributed by atoms with Gasteiger partial charge >= 0.3 is 0 Å². The summed E-state index contributed by atoms with van der Waals surface area (Å²) < 4.78 is 52.8. The standard InChI is InChI=1S/C28H30FN3O5S/c1-20(18-28(2,3)21-7-5-4-6-8-21)30-31-27(33)19-32(23-11-9-22(29)10-12-23)38(34,35)24-13-14-25-26(17-24)37-16-15-36-25/h4-14,17H,15-16,18-19H2,1-3H3,(H,31,33)/b30-20-. The highest BCUT2D eigenvalue weighted by molar-refractivity contribution is 7.92. The summed E-state index contributed by atoms with van der Waals surface area (Å²) >= 11 is 0. The number of rotatable bonds is 9. The van der Waals surface area contributed by atoms with E-state index in [1.807, 2.05) is 30.3 Å². The van der Waals surface area contributed by atoms with E-state index in [4.69, 9.17) is 9.47 Å². The molecule has 1 N–H and O–H groups in total. The molecule has 1 heterocycles. The Morgan fingerprint density at radius 1 is 1.00 bits per heavy atom. The maximum absolute atomic E-state index is 13.6. The molecule has 0 saturated carbocycles. The molecule has 0 fully saturated rings. The molecule has 0 aliphatic carbocycles. The number of hydrogen-bond donors (Lipinski definition) is 1. The van der Waals surface area contributed by atoms with Crippen LogP contribution in [0.25, 0.3) is 0 Å². The number of halogens is 1. The molecule has 1 aliphatic heterocycles. The molecule has 0 spiro atoms. The van der Waals surface area contributed by atoms with Crippen LogP contribution in [0.3, 0.4) is 0 Å². The fraction of sp³-hybridized carbons (Fsp3) is 0.286. The van der Waals surface area contributed by atoms with E-state index in [1.54, 1.807) is 6.92 Å². The van der Waals surface area contributed by atoms with Gasteiger partial charge in [0, 0.05) is 11.8 Å². The number of carbonyl (C=O) groups excluding carboxylic acids is 1. The zero-order valence-corrected chi connectivity index (χ0v) is 22.3. The van der Waals surface area contributed by atoms with Crippen LogP contribution in [0.2, 0.25) is 0 Å². The Morgan fingerprint density at radius 2 is 1.66 bits per heavy atom. The van der Waals surface area contributed by atoms with Gasteiger partial charge in [0.05, 0.1) is 10.6 Å². The Balaban J connectivity index is 1.54. The number of nitrogens with one attached hydrogen (secondary N) is 1. The Labute approximate surface area is 222 Å². The second kappa shape index (κ2) is 11.2. The van der Waals surface area contributed by atoms with E-state index in [-0.39, 0.29) is 16.0 Å². The summed E-state index contributed by atoms with van der Waals surface area (Å²) in [5.74, 6) is -0.449. The number of hydrazone groups is 1. The number of anilines is 1. The highest BCUT2D eigenvalue weighted by Crippen LogP contribution is 2.34. The molecule has 8 nitrogen and oxygen atoms in total. The van der Waals surface area contributed by atoms with E-state index >= 15 is 0 Å². The van der Waals surface area contributed by atoms with Crippen molar-refractivity contribution >= 4 is 27.3 Å². The summed E-state index contributed by atoms with van der Waals surface area (Å²) in [6.45, 7) is 6.05.